The number of hydrogen-bond donors (Lipinski definition) is 3. The van der Waals surface area contributed by atoms with E-state index >= 15 is 0 Å². The number of rotatable bonds is 4. The largest absolute Gasteiger partial charge is 0.417 e. The van der Waals surface area contributed by atoms with E-state index in [9.17, 15) is 18.0 Å². The normalized spacial score (nSPS) is 15.9. The molecule has 0 bridgehead atoms. The lowest BCUT2D eigenvalue weighted by Crippen LogP contribution is -2.45. The number of carbonyl (C=O) groups excluding carboxylic acids is 1. The van der Waals surface area contributed by atoms with E-state index < -0.39 is 11.7 Å². The second-order valence-electron chi connectivity index (χ2n) is 7.58. The summed E-state index contributed by atoms with van der Waals surface area (Å²) in [6, 6.07) is 7.61. The zero-order chi connectivity index (χ0) is 22.0. The molecule has 3 aromatic rings. The number of amides is 2. The van der Waals surface area contributed by atoms with Crippen molar-refractivity contribution in [2.45, 2.75) is 31.6 Å². The van der Waals surface area contributed by atoms with Crippen LogP contribution < -0.4 is 10.6 Å². The van der Waals surface area contributed by atoms with Crippen LogP contribution in [0.2, 0.25) is 5.02 Å². The molecule has 4 rings (SSSR count). The van der Waals surface area contributed by atoms with Crippen LogP contribution >= 0.6 is 11.6 Å². The number of nitrogens with zero attached hydrogens (tertiary/aromatic N) is 2. The quantitative estimate of drug-likeness (QED) is 0.521. The third kappa shape index (κ3) is 5.29. The number of piperidine rings is 1. The Balaban J connectivity index is 1.26. The van der Waals surface area contributed by atoms with Gasteiger partial charge in [-0.05, 0) is 43.2 Å². The van der Waals surface area contributed by atoms with Gasteiger partial charge in [0.15, 0.2) is 0 Å². The summed E-state index contributed by atoms with van der Waals surface area (Å²) in [6.07, 6.45) is -0.303. The molecular weight excluding hydrogens is 431 g/mol. The van der Waals surface area contributed by atoms with Crippen molar-refractivity contribution >= 4 is 34.2 Å². The van der Waals surface area contributed by atoms with Crippen molar-refractivity contribution in [3.05, 3.63) is 59.0 Å². The van der Waals surface area contributed by atoms with E-state index in [1.165, 1.54) is 6.07 Å². The molecule has 0 spiro atoms. The molecule has 1 aromatic carbocycles. The maximum absolute atomic E-state index is 12.6. The lowest BCUT2D eigenvalue weighted by atomic mass is 10.0. The Bertz CT molecular complexity index is 1060. The standard InChI is InChI=1S/C21H21ClF3N5O/c22-14-2-4-18-17(9-14)19(11-27-18)29-20(31)28-15-5-7-30(8-6-15)12-16-3-1-13(10-26-16)21(23,24)25/h1-4,9-11,15,27H,5-8,12H2,(H2,28,29,31). The van der Waals surface area contributed by atoms with Crippen molar-refractivity contribution in [1.29, 1.82) is 0 Å². The first kappa shape index (κ1) is 21.5. The van der Waals surface area contributed by atoms with Gasteiger partial charge in [-0.2, -0.15) is 13.2 Å². The third-order valence-electron chi connectivity index (χ3n) is 5.35. The highest BCUT2D eigenvalue weighted by molar-refractivity contribution is 6.31. The van der Waals surface area contributed by atoms with Gasteiger partial charge in [0.2, 0.25) is 0 Å². The number of benzene rings is 1. The van der Waals surface area contributed by atoms with Gasteiger partial charge in [-0.15, -0.1) is 0 Å². The highest BCUT2D eigenvalue weighted by atomic mass is 35.5. The van der Waals surface area contributed by atoms with Gasteiger partial charge in [-0.3, -0.25) is 9.88 Å². The average molecular weight is 452 g/mol. The van der Waals surface area contributed by atoms with E-state index in [1.807, 2.05) is 6.07 Å². The number of likely N-dealkylation sites (tertiary alicyclic amines) is 1. The number of hydrogen-bond acceptors (Lipinski definition) is 3. The van der Waals surface area contributed by atoms with E-state index in [0.29, 0.717) is 22.9 Å². The van der Waals surface area contributed by atoms with Crippen molar-refractivity contribution in [3.63, 3.8) is 0 Å². The summed E-state index contributed by atoms with van der Waals surface area (Å²) in [4.78, 5) is 21.5. The molecule has 3 heterocycles. The topological polar surface area (TPSA) is 73.1 Å². The number of aromatic amines is 1. The van der Waals surface area contributed by atoms with E-state index in [1.54, 1.807) is 18.3 Å². The van der Waals surface area contributed by atoms with E-state index in [2.05, 4.69) is 25.5 Å². The fourth-order valence-corrected chi connectivity index (χ4v) is 3.86. The molecule has 1 fully saturated rings. The summed E-state index contributed by atoms with van der Waals surface area (Å²) < 4.78 is 37.9. The first-order valence-corrected chi connectivity index (χ1v) is 10.2. The van der Waals surface area contributed by atoms with E-state index in [4.69, 9.17) is 11.6 Å². The number of carbonyl (C=O) groups is 1. The van der Waals surface area contributed by atoms with Crippen LogP contribution in [0.1, 0.15) is 24.1 Å². The van der Waals surface area contributed by atoms with E-state index in [-0.39, 0.29) is 12.1 Å². The van der Waals surface area contributed by atoms with Crippen LogP contribution in [0.3, 0.4) is 0 Å². The van der Waals surface area contributed by atoms with E-state index in [0.717, 1.165) is 49.1 Å². The van der Waals surface area contributed by atoms with Gasteiger partial charge in [0, 0.05) is 54.0 Å². The number of aromatic nitrogens is 2. The minimum absolute atomic E-state index is 0.0191. The minimum Gasteiger partial charge on any atom is -0.359 e. The Hall–Kier alpha value is -2.78. The van der Waals surface area contributed by atoms with Gasteiger partial charge in [0.25, 0.3) is 0 Å². The number of H-pyrrole nitrogens is 1. The first-order valence-electron chi connectivity index (χ1n) is 9.86. The summed E-state index contributed by atoms with van der Waals surface area (Å²) in [6.45, 7) is 1.92. The molecule has 0 atom stereocenters. The Morgan fingerprint density at radius 3 is 2.68 bits per heavy atom. The molecule has 0 unspecified atom stereocenters. The second kappa shape index (κ2) is 8.76. The number of anilines is 1. The minimum atomic E-state index is -4.38. The molecule has 0 radical (unpaired) electrons. The maximum Gasteiger partial charge on any atom is 0.417 e. The lowest BCUT2D eigenvalue weighted by molar-refractivity contribution is -0.137. The molecule has 2 aromatic heterocycles. The Labute approximate surface area is 181 Å². The highest BCUT2D eigenvalue weighted by Crippen LogP contribution is 2.29. The summed E-state index contributed by atoms with van der Waals surface area (Å²) in [5.74, 6) is 0. The molecule has 164 valence electrons. The summed E-state index contributed by atoms with van der Waals surface area (Å²) in [5, 5.41) is 7.26. The highest BCUT2D eigenvalue weighted by Gasteiger charge is 2.30. The predicted molar refractivity (Wildman–Crippen MR) is 113 cm³/mol. The van der Waals surface area contributed by atoms with Crippen molar-refractivity contribution in [2.75, 3.05) is 18.4 Å². The SMILES string of the molecule is O=C(Nc1c[nH]c2ccc(Cl)cc12)NC1CCN(Cc2ccc(C(F)(F)F)cn2)CC1. The third-order valence-corrected chi connectivity index (χ3v) is 5.59. The Kier molecular flexibility index (Phi) is 6.06. The second-order valence-corrected chi connectivity index (χ2v) is 8.01. The number of halogens is 4. The predicted octanol–water partition coefficient (Wildman–Crippen LogP) is 5.02. The van der Waals surface area contributed by atoms with Crippen LogP contribution in [0.15, 0.2) is 42.7 Å². The molecule has 6 nitrogen and oxygen atoms in total. The van der Waals surface area contributed by atoms with Gasteiger partial charge < -0.3 is 15.6 Å². The van der Waals surface area contributed by atoms with Gasteiger partial charge in [-0.25, -0.2) is 4.79 Å². The van der Waals surface area contributed by atoms with Crippen molar-refractivity contribution < 1.29 is 18.0 Å². The lowest BCUT2D eigenvalue weighted by Gasteiger charge is -2.32. The van der Waals surface area contributed by atoms with Crippen LogP contribution in [0.25, 0.3) is 10.9 Å². The zero-order valence-corrected chi connectivity index (χ0v) is 17.2. The number of nitrogens with one attached hydrogen (secondary N) is 3. The fourth-order valence-electron chi connectivity index (χ4n) is 3.69. The summed E-state index contributed by atoms with van der Waals surface area (Å²) in [7, 11) is 0. The Morgan fingerprint density at radius 1 is 1.23 bits per heavy atom. The maximum atomic E-state index is 12.6. The van der Waals surface area contributed by atoms with Gasteiger partial charge >= 0.3 is 12.2 Å². The molecule has 0 saturated carbocycles. The van der Waals surface area contributed by atoms with Crippen molar-refractivity contribution in [3.8, 4) is 0 Å². The molecule has 2 amide bonds. The molecular formula is C21H21ClF3N5O. The number of alkyl halides is 3. The fraction of sp³-hybridized carbons (Fsp3) is 0.333. The number of urea groups is 1. The molecule has 10 heteroatoms. The number of pyridine rings is 1. The van der Waals surface area contributed by atoms with Crippen molar-refractivity contribution in [1.82, 2.24) is 20.2 Å². The van der Waals surface area contributed by atoms with Gasteiger partial charge in [0.05, 0.1) is 16.9 Å². The number of fused-ring (bicyclic) bond motifs is 1. The summed E-state index contributed by atoms with van der Waals surface area (Å²) >= 11 is 6.04. The van der Waals surface area contributed by atoms with Gasteiger partial charge in [0.1, 0.15) is 0 Å². The average Bonchev–Trinajstić information content (AvgIpc) is 3.11. The van der Waals surface area contributed by atoms with Crippen LogP contribution in [0, 0.1) is 0 Å². The van der Waals surface area contributed by atoms with Gasteiger partial charge in [-0.1, -0.05) is 11.6 Å². The van der Waals surface area contributed by atoms with Crippen LogP contribution in [-0.2, 0) is 12.7 Å². The smallest absolute Gasteiger partial charge is 0.359 e. The Morgan fingerprint density at radius 2 is 2.00 bits per heavy atom. The molecule has 1 aliphatic heterocycles. The monoisotopic (exact) mass is 451 g/mol. The van der Waals surface area contributed by atoms with Crippen LogP contribution in [-0.4, -0.2) is 40.0 Å². The molecule has 3 N–H and O–H groups in total. The molecule has 31 heavy (non-hydrogen) atoms. The molecule has 1 aliphatic rings. The molecule has 1 saturated heterocycles. The van der Waals surface area contributed by atoms with Crippen molar-refractivity contribution in [2.24, 2.45) is 0 Å². The van der Waals surface area contributed by atoms with Crippen LogP contribution in [0.5, 0.6) is 0 Å². The zero-order valence-electron chi connectivity index (χ0n) is 16.5. The first-order chi connectivity index (χ1) is 14.8. The molecule has 0 aliphatic carbocycles. The summed E-state index contributed by atoms with van der Waals surface area (Å²) in [5.41, 5.74) is 1.38. The van der Waals surface area contributed by atoms with Crippen LogP contribution in [0.4, 0.5) is 23.7 Å².